The summed E-state index contributed by atoms with van der Waals surface area (Å²) in [6.45, 7) is 0.356. The lowest BCUT2D eigenvalue weighted by Crippen LogP contribution is -2.24. The summed E-state index contributed by atoms with van der Waals surface area (Å²) in [5.74, 6) is -0.0523. The van der Waals surface area contributed by atoms with E-state index >= 15 is 0 Å². The minimum Gasteiger partial charge on any atom is -0.352 e. The molecular weight excluding hydrogens is 324 g/mol. The van der Waals surface area contributed by atoms with Gasteiger partial charge < -0.3 is 5.32 Å². The Kier molecular flexibility index (Phi) is 4.69. The van der Waals surface area contributed by atoms with E-state index in [0.29, 0.717) is 13.0 Å². The first-order valence-electron chi connectivity index (χ1n) is 7.91. The number of nitrogens with two attached hydrogens (primary N) is 1. The van der Waals surface area contributed by atoms with Crippen LogP contribution in [0.15, 0.2) is 47.4 Å². The summed E-state index contributed by atoms with van der Waals surface area (Å²) in [4.78, 5) is 12.2. The molecule has 2 aromatic carbocycles. The van der Waals surface area contributed by atoms with Gasteiger partial charge >= 0.3 is 0 Å². The van der Waals surface area contributed by atoms with Gasteiger partial charge in [-0.3, -0.25) is 4.79 Å². The first kappa shape index (κ1) is 16.7. The fourth-order valence-electron chi connectivity index (χ4n) is 2.98. The Labute approximate surface area is 141 Å². The molecule has 0 radical (unpaired) electrons. The number of amides is 1. The largest absolute Gasteiger partial charge is 0.352 e. The lowest BCUT2D eigenvalue weighted by molar-refractivity contribution is -0.120. The predicted molar refractivity (Wildman–Crippen MR) is 91.8 cm³/mol. The van der Waals surface area contributed by atoms with Gasteiger partial charge in [-0.05, 0) is 53.6 Å². The van der Waals surface area contributed by atoms with Crippen molar-refractivity contribution in [3.8, 4) is 0 Å². The van der Waals surface area contributed by atoms with Crippen LogP contribution in [0.5, 0.6) is 0 Å². The van der Waals surface area contributed by atoms with E-state index in [-0.39, 0.29) is 10.8 Å². The monoisotopic (exact) mass is 344 g/mol. The lowest BCUT2D eigenvalue weighted by atomic mass is 10.0. The van der Waals surface area contributed by atoms with E-state index in [4.69, 9.17) is 5.14 Å². The number of rotatable bonds is 5. The van der Waals surface area contributed by atoms with E-state index in [0.717, 1.165) is 24.0 Å². The van der Waals surface area contributed by atoms with Crippen molar-refractivity contribution >= 4 is 15.9 Å². The number of hydrogen-bond acceptors (Lipinski definition) is 3. The van der Waals surface area contributed by atoms with Crippen LogP contribution >= 0.6 is 0 Å². The maximum absolute atomic E-state index is 12.1. The van der Waals surface area contributed by atoms with Crippen LogP contribution < -0.4 is 10.5 Å². The summed E-state index contributed by atoms with van der Waals surface area (Å²) in [5.41, 5.74) is 4.61. The van der Waals surface area contributed by atoms with E-state index in [9.17, 15) is 13.2 Å². The molecule has 1 aliphatic rings. The van der Waals surface area contributed by atoms with Gasteiger partial charge in [0.1, 0.15) is 0 Å². The molecule has 126 valence electrons. The smallest absolute Gasteiger partial charge is 0.238 e. The molecule has 0 fully saturated rings. The highest BCUT2D eigenvalue weighted by Crippen LogP contribution is 2.23. The van der Waals surface area contributed by atoms with Crippen LogP contribution in [-0.4, -0.2) is 14.3 Å². The van der Waals surface area contributed by atoms with Crippen LogP contribution in [0, 0.1) is 0 Å². The third kappa shape index (κ3) is 4.01. The van der Waals surface area contributed by atoms with Gasteiger partial charge in [0.25, 0.3) is 0 Å². The molecule has 3 N–H and O–H groups in total. The number of aryl methyl sites for hydroxylation is 2. The summed E-state index contributed by atoms with van der Waals surface area (Å²) in [6, 6.07) is 12.4. The molecule has 0 aromatic heterocycles. The number of carbonyl (C=O) groups excluding carboxylic acids is 1. The Morgan fingerprint density at radius 3 is 2.38 bits per heavy atom. The zero-order chi connectivity index (χ0) is 17.2. The lowest BCUT2D eigenvalue weighted by Gasteiger charge is -2.08. The molecule has 6 heteroatoms. The second kappa shape index (κ2) is 6.75. The quantitative estimate of drug-likeness (QED) is 0.865. The Bertz CT molecular complexity index is 858. The highest BCUT2D eigenvalue weighted by molar-refractivity contribution is 7.89. The zero-order valence-electron chi connectivity index (χ0n) is 13.3. The molecule has 1 aliphatic carbocycles. The maximum atomic E-state index is 12.1. The Hall–Kier alpha value is -2.18. The second-order valence-corrected chi connectivity index (χ2v) is 7.66. The van der Waals surface area contributed by atoms with Crippen molar-refractivity contribution in [1.82, 2.24) is 5.32 Å². The van der Waals surface area contributed by atoms with Crippen LogP contribution in [0.4, 0.5) is 0 Å². The van der Waals surface area contributed by atoms with Gasteiger partial charge in [0, 0.05) is 6.54 Å². The van der Waals surface area contributed by atoms with Crippen molar-refractivity contribution in [3.63, 3.8) is 0 Å². The van der Waals surface area contributed by atoms with E-state index in [2.05, 4.69) is 17.4 Å². The van der Waals surface area contributed by atoms with Gasteiger partial charge in [0.2, 0.25) is 15.9 Å². The van der Waals surface area contributed by atoms with Crippen LogP contribution in [0.3, 0.4) is 0 Å². The van der Waals surface area contributed by atoms with Gasteiger partial charge in [-0.15, -0.1) is 0 Å². The average molecular weight is 344 g/mol. The normalized spacial score (nSPS) is 13.5. The minimum absolute atomic E-state index is 0.0523. The van der Waals surface area contributed by atoms with E-state index < -0.39 is 10.0 Å². The SMILES string of the molecule is NS(=O)(=O)c1ccc(CNC(=O)Cc2ccc3c(c2)CCC3)cc1. The topological polar surface area (TPSA) is 89.3 Å². The maximum Gasteiger partial charge on any atom is 0.238 e. The van der Waals surface area contributed by atoms with Crippen molar-refractivity contribution in [3.05, 3.63) is 64.7 Å². The number of hydrogen-bond donors (Lipinski definition) is 2. The number of fused-ring (bicyclic) bond motifs is 1. The van der Waals surface area contributed by atoms with Crippen molar-refractivity contribution in [1.29, 1.82) is 0 Å². The van der Waals surface area contributed by atoms with Crippen LogP contribution in [0.1, 0.15) is 28.7 Å². The molecule has 3 rings (SSSR count). The van der Waals surface area contributed by atoms with Crippen LogP contribution in [0.2, 0.25) is 0 Å². The van der Waals surface area contributed by atoms with E-state index in [1.165, 1.54) is 29.7 Å². The van der Waals surface area contributed by atoms with Gasteiger partial charge in [-0.1, -0.05) is 30.3 Å². The molecule has 24 heavy (non-hydrogen) atoms. The van der Waals surface area contributed by atoms with Gasteiger partial charge in [-0.2, -0.15) is 0 Å². The number of nitrogens with one attached hydrogen (secondary N) is 1. The first-order valence-corrected chi connectivity index (χ1v) is 9.45. The fourth-order valence-corrected chi connectivity index (χ4v) is 3.50. The van der Waals surface area contributed by atoms with E-state index in [1.807, 2.05) is 6.07 Å². The summed E-state index contributed by atoms with van der Waals surface area (Å²) in [7, 11) is -3.68. The molecular formula is C18H20N2O3S. The number of carbonyl (C=O) groups is 1. The number of primary sulfonamides is 1. The average Bonchev–Trinajstić information content (AvgIpc) is 3.00. The summed E-state index contributed by atoms with van der Waals surface area (Å²) in [5, 5.41) is 7.91. The Balaban J connectivity index is 1.56. The summed E-state index contributed by atoms with van der Waals surface area (Å²) < 4.78 is 22.4. The summed E-state index contributed by atoms with van der Waals surface area (Å²) in [6.07, 6.45) is 3.78. The highest BCUT2D eigenvalue weighted by atomic mass is 32.2. The predicted octanol–water partition coefficient (Wildman–Crippen LogP) is 1.68. The molecule has 0 bridgehead atoms. The standard InChI is InChI=1S/C18H20N2O3S/c19-24(22,23)17-8-5-13(6-9-17)12-20-18(21)11-14-4-7-15-2-1-3-16(15)10-14/h4-10H,1-3,11-12H2,(H,20,21)(H2,19,22,23). The molecule has 5 nitrogen and oxygen atoms in total. The number of benzene rings is 2. The molecule has 0 saturated carbocycles. The molecule has 2 aromatic rings. The minimum atomic E-state index is -3.68. The molecule has 0 spiro atoms. The zero-order valence-corrected chi connectivity index (χ0v) is 14.1. The van der Waals surface area contributed by atoms with Gasteiger partial charge in [0.05, 0.1) is 11.3 Å². The third-order valence-corrected chi connectivity index (χ3v) is 5.20. The second-order valence-electron chi connectivity index (χ2n) is 6.10. The third-order valence-electron chi connectivity index (χ3n) is 4.27. The molecule has 0 atom stereocenters. The fraction of sp³-hybridized carbons (Fsp3) is 0.278. The van der Waals surface area contributed by atoms with Crippen molar-refractivity contribution in [2.45, 2.75) is 37.1 Å². The Morgan fingerprint density at radius 2 is 1.67 bits per heavy atom. The Morgan fingerprint density at radius 1 is 1.00 bits per heavy atom. The highest BCUT2D eigenvalue weighted by Gasteiger charge is 2.12. The first-order chi connectivity index (χ1) is 11.4. The molecule has 0 saturated heterocycles. The van der Waals surface area contributed by atoms with Gasteiger partial charge in [-0.25, -0.2) is 13.6 Å². The van der Waals surface area contributed by atoms with Crippen molar-refractivity contribution in [2.24, 2.45) is 5.14 Å². The van der Waals surface area contributed by atoms with Crippen LogP contribution in [0.25, 0.3) is 0 Å². The molecule has 0 unspecified atom stereocenters. The number of sulfonamides is 1. The molecule has 0 heterocycles. The van der Waals surface area contributed by atoms with Crippen molar-refractivity contribution < 1.29 is 13.2 Å². The van der Waals surface area contributed by atoms with Crippen LogP contribution in [-0.2, 0) is 40.6 Å². The molecule has 0 aliphatic heterocycles. The van der Waals surface area contributed by atoms with Crippen molar-refractivity contribution in [2.75, 3.05) is 0 Å². The van der Waals surface area contributed by atoms with Gasteiger partial charge in [0.15, 0.2) is 0 Å². The van der Waals surface area contributed by atoms with E-state index in [1.54, 1.807) is 12.1 Å². The molecule has 1 amide bonds. The summed E-state index contributed by atoms with van der Waals surface area (Å²) >= 11 is 0.